The van der Waals surface area contributed by atoms with Crippen molar-refractivity contribution < 1.29 is 14.6 Å². The van der Waals surface area contributed by atoms with Crippen LogP contribution >= 0.6 is 11.3 Å². The molecule has 5 nitrogen and oxygen atoms in total. The number of amides is 1. The van der Waals surface area contributed by atoms with Crippen molar-refractivity contribution in [2.45, 2.75) is 13.0 Å². The van der Waals surface area contributed by atoms with Crippen molar-refractivity contribution in [1.82, 2.24) is 10.3 Å². The number of rotatable bonds is 6. The van der Waals surface area contributed by atoms with E-state index in [1.54, 1.807) is 18.3 Å². The fourth-order valence-corrected chi connectivity index (χ4v) is 3.42. The van der Waals surface area contributed by atoms with Crippen LogP contribution in [0.3, 0.4) is 0 Å². The quantitative estimate of drug-likeness (QED) is 0.722. The van der Waals surface area contributed by atoms with Gasteiger partial charge in [-0.25, -0.2) is 4.98 Å². The van der Waals surface area contributed by atoms with E-state index >= 15 is 0 Å². The first kappa shape index (κ1) is 16.4. The molecule has 6 heteroatoms. The number of aliphatic hydroxyl groups is 1. The summed E-state index contributed by atoms with van der Waals surface area (Å²) < 4.78 is 6.52. The molecule has 0 bridgehead atoms. The Morgan fingerprint density at radius 2 is 2.17 bits per heavy atom. The third-order valence-corrected chi connectivity index (χ3v) is 4.73. The first-order valence-corrected chi connectivity index (χ1v) is 8.53. The standard InChI is InChI=1S/C18H18N2O3S/c1-2-23-14-7-5-9-19-17(14)18(22)20-11-13(21)16-10-12-6-3-4-8-15(12)24-16/h3-10,13,21H,2,11H2,1H3,(H,20,22). The number of nitrogens with zero attached hydrogens (tertiary/aromatic N) is 1. The largest absolute Gasteiger partial charge is 0.491 e. The fourth-order valence-electron chi connectivity index (χ4n) is 2.37. The molecule has 2 aromatic heterocycles. The average Bonchev–Trinajstić information content (AvgIpc) is 3.04. The van der Waals surface area contributed by atoms with Crippen molar-refractivity contribution in [3.8, 4) is 5.75 Å². The van der Waals surface area contributed by atoms with Crippen LogP contribution in [0, 0.1) is 0 Å². The van der Waals surface area contributed by atoms with Gasteiger partial charge in [0.25, 0.3) is 5.91 Å². The number of hydrogen-bond acceptors (Lipinski definition) is 5. The maximum atomic E-state index is 12.3. The average molecular weight is 342 g/mol. The number of nitrogens with one attached hydrogen (secondary N) is 1. The second-order valence-corrected chi connectivity index (χ2v) is 6.31. The Morgan fingerprint density at radius 1 is 1.33 bits per heavy atom. The number of fused-ring (bicyclic) bond motifs is 1. The van der Waals surface area contributed by atoms with Gasteiger partial charge < -0.3 is 15.2 Å². The van der Waals surface area contributed by atoms with Crippen LogP contribution in [-0.4, -0.2) is 29.1 Å². The molecule has 1 unspecified atom stereocenters. The minimum absolute atomic E-state index is 0.119. The summed E-state index contributed by atoms with van der Waals surface area (Å²) >= 11 is 1.52. The van der Waals surface area contributed by atoms with Gasteiger partial charge in [0, 0.05) is 22.3 Å². The van der Waals surface area contributed by atoms with Crippen molar-refractivity contribution in [2.75, 3.05) is 13.2 Å². The molecule has 0 radical (unpaired) electrons. The summed E-state index contributed by atoms with van der Waals surface area (Å²) in [5.74, 6) is 0.0769. The smallest absolute Gasteiger partial charge is 0.273 e. The molecular formula is C18H18N2O3S. The molecule has 0 fully saturated rings. The Kier molecular flexibility index (Phi) is 5.08. The van der Waals surface area contributed by atoms with E-state index in [2.05, 4.69) is 10.3 Å². The molecular weight excluding hydrogens is 324 g/mol. The molecule has 2 heterocycles. The lowest BCUT2D eigenvalue weighted by atomic mass is 10.2. The van der Waals surface area contributed by atoms with E-state index in [1.807, 2.05) is 37.3 Å². The Hall–Kier alpha value is -2.44. The highest BCUT2D eigenvalue weighted by atomic mass is 32.1. The van der Waals surface area contributed by atoms with Gasteiger partial charge in [-0.1, -0.05) is 18.2 Å². The van der Waals surface area contributed by atoms with Gasteiger partial charge in [0.05, 0.1) is 6.61 Å². The van der Waals surface area contributed by atoms with Gasteiger partial charge in [-0.15, -0.1) is 11.3 Å². The van der Waals surface area contributed by atoms with Gasteiger partial charge in [-0.3, -0.25) is 4.79 Å². The summed E-state index contributed by atoms with van der Waals surface area (Å²) in [6, 6.07) is 13.3. The van der Waals surface area contributed by atoms with Crippen molar-refractivity contribution in [3.05, 3.63) is 59.2 Å². The molecule has 0 saturated carbocycles. The summed E-state index contributed by atoms with van der Waals surface area (Å²) in [5, 5.41) is 14.1. The van der Waals surface area contributed by atoms with E-state index in [0.29, 0.717) is 12.4 Å². The van der Waals surface area contributed by atoms with Crippen LogP contribution in [0.1, 0.15) is 28.4 Å². The molecule has 1 amide bonds. The number of carbonyl (C=O) groups excluding carboxylic acids is 1. The minimum atomic E-state index is -0.759. The van der Waals surface area contributed by atoms with Crippen LogP contribution in [0.5, 0.6) is 5.75 Å². The van der Waals surface area contributed by atoms with Gasteiger partial charge >= 0.3 is 0 Å². The number of ether oxygens (including phenoxy) is 1. The Morgan fingerprint density at radius 3 is 2.96 bits per heavy atom. The summed E-state index contributed by atoms with van der Waals surface area (Å²) in [6.07, 6.45) is 0.783. The summed E-state index contributed by atoms with van der Waals surface area (Å²) in [7, 11) is 0. The lowest BCUT2D eigenvalue weighted by Gasteiger charge is -2.12. The first-order chi connectivity index (χ1) is 11.7. The highest BCUT2D eigenvalue weighted by Gasteiger charge is 2.17. The van der Waals surface area contributed by atoms with Gasteiger partial charge in [0.2, 0.25) is 0 Å². The topological polar surface area (TPSA) is 71.5 Å². The maximum absolute atomic E-state index is 12.3. The lowest BCUT2D eigenvalue weighted by molar-refractivity contribution is 0.0909. The van der Waals surface area contributed by atoms with Crippen LogP contribution in [0.2, 0.25) is 0 Å². The molecule has 2 N–H and O–H groups in total. The zero-order chi connectivity index (χ0) is 16.9. The summed E-state index contributed by atoms with van der Waals surface area (Å²) in [5.41, 5.74) is 0.225. The van der Waals surface area contributed by atoms with Crippen molar-refractivity contribution in [2.24, 2.45) is 0 Å². The second kappa shape index (κ2) is 7.42. The zero-order valence-electron chi connectivity index (χ0n) is 13.2. The molecule has 1 aromatic carbocycles. The zero-order valence-corrected chi connectivity index (χ0v) is 14.0. The van der Waals surface area contributed by atoms with Gasteiger partial charge in [-0.05, 0) is 36.6 Å². The van der Waals surface area contributed by atoms with Crippen LogP contribution < -0.4 is 10.1 Å². The molecule has 0 saturated heterocycles. The molecule has 3 aromatic rings. The lowest BCUT2D eigenvalue weighted by Crippen LogP contribution is -2.29. The summed E-state index contributed by atoms with van der Waals surface area (Å²) in [4.78, 5) is 17.2. The molecule has 0 aliphatic carbocycles. The minimum Gasteiger partial charge on any atom is -0.491 e. The van der Waals surface area contributed by atoms with Crippen LogP contribution in [0.15, 0.2) is 48.7 Å². The predicted molar refractivity (Wildman–Crippen MR) is 94.5 cm³/mol. The Labute approximate surface area is 143 Å². The molecule has 24 heavy (non-hydrogen) atoms. The normalized spacial score (nSPS) is 12.1. The van der Waals surface area contributed by atoms with Crippen molar-refractivity contribution in [3.63, 3.8) is 0 Å². The maximum Gasteiger partial charge on any atom is 0.273 e. The van der Waals surface area contributed by atoms with Crippen molar-refractivity contribution in [1.29, 1.82) is 0 Å². The Balaban J connectivity index is 1.67. The van der Waals surface area contributed by atoms with Crippen LogP contribution in [0.4, 0.5) is 0 Å². The summed E-state index contributed by atoms with van der Waals surface area (Å²) in [6.45, 7) is 2.42. The number of hydrogen-bond donors (Lipinski definition) is 2. The number of pyridine rings is 1. The molecule has 0 aliphatic rings. The van der Waals surface area contributed by atoms with E-state index in [-0.39, 0.29) is 18.1 Å². The number of aromatic nitrogens is 1. The van der Waals surface area contributed by atoms with Gasteiger partial charge in [0.15, 0.2) is 11.4 Å². The van der Waals surface area contributed by atoms with Crippen molar-refractivity contribution >= 4 is 27.3 Å². The van der Waals surface area contributed by atoms with E-state index in [0.717, 1.165) is 15.0 Å². The van der Waals surface area contributed by atoms with Gasteiger partial charge in [-0.2, -0.15) is 0 Å². The highest BCUT2D eigenvalue weighted by molar-refractivity contribution is 7.19. The fraction of sp³-hybridized carbons (Fsp3) is 0.222. The highest BCUT2D eigenvalue weighted by Crippen LogP contribution is 2.29. The second-order valence-electron chi connectivity index (χ2n) is 5.20. The number of benzene rings is 1. The SMILES string of the molecule is CCOc1cccnc1C(=O)NCC(O)c1cc2ccccc2s1. The third kappa shape index (κ3) is 3.55. The number of carbonyl (C=O) groups is 1. The molecule has 124 valence electrons. The molecule has 3 rings (SSSR count). The van der Waals surface area contributed by atoms with E-state index < -0.39 is 6.10 Å². The monoisotopic (exact) mass is 342 g/mol. The predicted octanol–water partition coefficient (Wildman–Crippen LogP) is 3.16. The van der Waals surface area contributed by atoms with Gasteiger partial charge in [0.1, 0.15) is 6.10 Å². The number of aliphatic hydroxyl groups excluding tert-OH is 1. The number of thiophene rings is 1. The van der Waals surface area contributed by atoms with E-state index in [1.165, 1.54) is 11.3 Å². The molecule has 0 aliphatic heterocycles. The van der Waals surface area contributed by atoms with Crippen LogP contribution in [0.25, 0.3) is 10.1 Å². The molecule has 0 spiro atoms. The van der Waals surface area contributed by atoms with E-state index in [9.17, 15) is 9.90 Å². The van der Waals surface area contributed by atoms with Crippen LogP contribution in [-0.2, 0) is 0 Å². The van der Waals surface area contributed by atoms with E-state index in [4.69, 9.17) is 4.74 Å². The molecule has 1 atom stereocenters. The Bertz CT molecular complexity index is 814. The third-order valence-electron chi connectivity index (χ3n) is 3.51. The first-order valence-electron chi connectivity index (χ1n) is 7.71.